The standard InChI is InChI=1S/C27H49NO10/c1-16(2)23(32)18(17(3)25(34)35)8-9-21(31)28-26(4,5)10-13-37-27(6,7)11-12-36-22-14-19(30)24(33)20(15-29)38-22/h16-20,22,24,29-30,33H,8-15H2,1-7H3,(H,28,31)(H,34,35)/t17?,18?,19-,20-,22-,24-/m0/s1. The first-order valence-electron chi connectivity index (χ1n) is 13.4. The minimum Gasteiger partial charge on any atom is -0.481 e. The molecular weight excluding hydrogens is 498 g/mol. The van der Waals surface area contributed by atoms with E-state index in [4.69, 9.17) is 14.2 Å². The number of rotatable bonds is 17. The van der Waals surface area contributed by atoms with E-state index >= 15 is 0 Å². The number of aliphatic hydroxyl groups is 3. The zero-order valence-corrected chi connectivity index (χ0v) is 23.9. The molecule has 11 heteroatoms. The first kappa shape index (κ1) is 34.4. The van der Waals surface area contributed by atoms with Crippen LogP contribution >= 0.6 is 0 Å². The molecule has 2 unspecified atom stereocenters. The van der Waals surface area contributed by atoms with Crippen LogP contribution in [0.5, 0.6) is 0 Å². The number of ether oxygens (including phenoxy) is 3. The third-order valence-electron chi connectivity index (χ3n) is 7.03. The highest BCUT2D eigenvalue weighted by molar-refractivity contribution is 5.88. The summed E-state index contributed by atoms with van der Waals surface area (Å²) in [5.74, 6) is -3.32. The second-order valence-electron chi connectivity index (χ2n) is 11.8. The number of hydrogen-bond acceptors (Lipinski definition) is 9. The van der Waals surface area contributed by atoms with Crippen LogP contribution in [-0.2, 0) is 28.6 Å². The van der Waals surface area contributed by atoms with Crippen LogP contribution in [-0.4, -0.2) is 93.6 Å². The lowest BCUT2D eigenvalue weighted by Gasteiger charge is -2.36. The maximum atomic E-state index is 12.6. The van der Waals surface area contributed by atoms with E-state index in [9.17, 15) is 34.8 Å². The minimum absolute atomic E-state index is 0.0555. The van der Waals surface area contributed by atoms with Gasteiger partial charge in [0.2, 0.25) is 5.91 Å². The number of carboxylic acid groups (broad SMARTS) is 1. The van der Waals surface area contributed by atoms with Crippen molar-refractivity contribution in [1.82, 2.24) is 5.32 Å². The Morgan fingerprint density at radius 1 is 1.05 bits per heavy atom. The van der Waals surface area contributed by atoms with Crippen molar-refractivity contribution in [3.63, 3.8) is 0 Å². The average molecular weight is 548 g/mol. The summed E-state index contributed by atoms with van der Waals surface area (Å²) in [6, 6.07) is 0. The van der Waals surface area contributed by atoms with Crippen molar-refractivity contribution in [3.8, 4) is 0 Å². The Hall–Kier alpha value is -1.63. The Morgan fingerprint density at radius 2 is 1.68 bits per heavy atom. The van der Waals surface area contributed by atoms with Crippen LogP contribution in [0.15, 0.2) is 0 Å². The Labute approximate surface area is 226 Å². The van der Waals surface area contributed by atoms with Crippen LogP contribution in [0.4, 0.5) is 0 Å². The van der Waals surface area contributed by atoms with Crippen LogP contribution in [0.3, 0.4) is 0 Å². The highest BCUT2D eigenvalue weighted by Gasteiger charge is 2.37. The van der Waals surface area contributed by atoms with Gasteiger partial charge in [0.05, 0.1) is 30.8 Å². The Morgan fingerprint density at radius 3 is 2.24 bits per heavy atom. The van der Waals surface area contributed by atoms with E-state index in [0.29, 0.717) is 19.4 Å². The molecule has 11 nitrogen and oxygen atoms in total. The fraction of sp³-hybridized carbons (Fsp3) is 0.889. The fourth-order valence-corrected chi connectivity index (χ4v) is 4.29. The molecule has 1 rings (SSSR count). The zero-order valence-electron chi connectivity index (χ0n) is 23.9. The second kappa shape index (κ2) is 15.2. The molecule has 0 spiro atoms. The third kappa shape index (κ3) is 11.6. The lowest BCUT2D eigenvalue weighted by atomic mass is 9.82. The van der Waals surface area contributed by atoms with Crippen LogP contribution in [0.25, 0.3) is 0 Å². The lowest BCUT2D eigenvalue weighted by molar-refractivity contribution is -0.259. The van der Waals surface area contributed by atoms with Gasteiger partial charge in [-0.2, -0.15) is 0 Å². The molecule has 222 valence electrons. The van der Waals surface area contributed by atoms with Gasteiger partial charge in [-0.3, -0.25) is 14.4 Å². The van der Waals surface area contributed by atoms with Crippen LogP contribution in [0.2, 0.25) is 0 Å². The number of carboxylic acids is 1. The van der Waals surface area contributed by atoms with E-state index in [1.54, 1.807) is 13.8 Å². The van der Waals surface area contributed by atoms with Gasteiger partial charge in [0.1, 0.15) is 18.0 Å². The molecule has 0 saturated carbocycles. The predicted octanol–water partition coefficient (Wildman–Crippen LogP) is 1.64. The summed E-state index contributed by atoms with van der Waals surface area (Å²) in [5.41, 5.74) is -1.12. The minimum atomic E-state index is -1.15. The largest absolute Gasteiger partial charge is 0.481 e. The quantitative estimate of drug-likeness (QED) is 0.180. The summed E-state index contributed by atoms with van der Waals surface area (Å²) < 4.78 is 17.2. The molecule has 5 N–H and O–H groups in total. The van der Waals surface area contributed by atoms with Gasteiger partial charge in [0.15, 0.2) is 6.29 Å². The van der Waals surface area contributed by atoms with E-state index < -0.39 is 60.2 Å². The maximum Gasteiger partial charge on any atom is 0.306 e. The van der Waals surface area contributed by atoms with E-state index in [1.807, 2.05) is 27.7 Å². The van der Waals surface area contributed by atoms with Gasteiger partial charge >= 0.3 is 5.97 Å². The average Bonchev–Trinajstić information content (AvgIpc) is 2.79. The van der Waals surface area contributed by atoms with Crippen LogP contribution < -0.4 is 5.32 Å². The molecule has 0 aromatic heterocycles. The molecular formula is C27H49NO10. The number of carbonyl (C=O) groups is 3. The van der Waals surface area contributed by atoms with Gasteiger partial charge in [-0.25, -0.2) is 0 Å². The normalized spacial score (nSPS) is 24.2. The molecule has 38 heavy (non-hydrogen) atoms. The number of ketones is 1. The van der Waals surface area contributed by atoms with Crippen molar-refractivity contribution in [3.05, 3.63) is 0 Å². The molecule has 0 aliphatic carbocycles. The number of aliphatic carboxylic acids is 1. The van der Waals surface area contributed by atoms with E-state index in [0.717, 1.165) is 0 Å². The van der Waals surface area contributed by atoms with E-state index in [1.165, 1.54) is 6.92 Å². The Bertz CT molecular complexity index is 769. The number of Topliss-reactive ketones (excluding diaryl/α,β-unsaturated/α-hetero) is 1. The molecule has 1 amide bonds. The predicted molar refractivity (Wildman–Crippen MR) is 139 cm³/mol. The summed E-state index contributed by atoms with van der Waals surface area (Å²) >= 11 is 0. The third-order valence-corrected chi connectivity index (χ3v) is 7.03. The topological polar surface area (TPSA) is 172 Å². The molecule has 1 fully saturated rings. The number of amides is 1. The van der Waals surface area contributed by atoms with Gasteiger partial charge in [0, 0.05) is 36.8 Å². The summed E-state index contributed by atoms with van der Waals surface area (Å²) in [6.07, 6.45) is -2.43. The maximum absolute atomic E-state index is 12.6. The summed E-state index contributed by atoms with van der Waals surface area (Å²) in [7, 11) is 0. The number of nitrogens with one attached hydrogen (secondary N) is 1. The summed E-state index contributed by atoms with van der Waals surface area (Å²) in [4.78, 5) is 36.5. The van der Waals surface area contributed by atoms with Gasteiger partial charge < -0.3 is 40.0 Å². The lowest BCUT2D eigenvalue weighted by Crippen LogP contribution is -2.50. The van der Waals surface area contributed by atoms with E-state index in [-0.39, 0.29) is 43.5 Å². The van der Waals surface area contributed by atoms with Crippen molar-refractivity contribution in [2.45, 2.75) is 116 Å². The molecule has 6 atom stereocenters. The number of carbonyl (C=O) groups excluding carboxylic acids is 2. The SMILES string of the molecule is CC(C)C(=O)C(CCC(=O)NC(C)(C)CCOC(C)(C)CCO[C@@H]1C[C@H](O)[C@H](O)[C@H](CO)O1)C(C)C(=O)O. The van der Waals surface area contributed by atoms with Gasteiger partial charge in [-0.15, -0.1) is 0 Å². The molecule has 0 bridgehead atoms. The molecule has 1 saturated heterocycles. The monoisotopic (exact) mass is 547 g/mol. The Kier molecular flexibility index (Phi) is 13.8. The van der Waals surface area contributed by atoms with E-state index in [2.05, 4.69) is 5.32 Å². The van der Waals surface area contributed by atoms with Crippen LogP contribution in [0, 0.1) is 17.8 Å². The smallest absolute Gasteiger partial charge is 0.306 e. The fourth-order valence-electron chi connectivity index (χ4n) is 4.29. The first-order chi connectivity index (χ1) is 17.5. The van der Waals surface area contributed by atoms with Crippen LogP contribution in [0.1, 0.15) is 80.6 Å². The van der Waals surface area contributed by atoms with Crippen molar-refractivity contribution in [1.29, 1.82) is 0 Å². The molecule has 1 aliphatic heterocycles. The highest BCUT2D eigenvalue weighted by atomic mass is 16.7. The molecule has 1 aliphatic rings. The zero-order chi connectivity index (χ0) is 29.3. The second-order valence-corrected chi connectivity index (χ2v) is 11.8. The number of hydrogen-bond donors (Lipinski definition) is 5. The van der Waals surface area contributed by atoms with Gasteiger partial charge in [-0.05, 0) is 47.0 Å². The number of aliphatic hydroxyl groups excluding tert-OH is 3. The first-order valence-corrected chi connectivity index (χ1v) is 13.4. The Balaban J connectivity index is 2.45. The molecule has 1 heterocycles. The van der Waals surface area contributed by atoms with Crippen molar-refractivity contribution in [2.24, 2.45) is 17.8 Å². The van der Waals surface area contributed by atoms with Crippen molar-refractivity contribution in [2.75, 3.05) is 19.8 Å². The summed E-state index contributed by atoms with van der Waals surface area (Å²) in [6.45, 7) is 12.8. The molecule has 0 radical (unpaired) electrons. The summed E-state index contributed by atoms with van der Waals surface area (Å²) in [5, 5.41) is 41.3. The van der Waals surface area contributed by atoms with Gasteiger partial charge in [0.25, 0.3) is 0 Å². The van der Waals surface area contributed by atoms with Crippen molar-refractivity contribution >= 4 is 17.7 Å². The molecule has 0 aromatic rings. The highest BCUT2D eigenvalue weighted by Crippen LogP contribution is 2.25. The van der Waals surface area contributed by atoms with Gasteiger partial charge in [-0.1, -0.05) is 20.8 Å². The van der Waals surface area contributed by atoms with Crippen molar-refractivity contribution < 1.29 is 49.0 Å². The molecule has 0 aromatic carbocycles.